The van der Waals surface area contributed by atoms with Crippen molar-refractivity contribution in [3.8, 4) is 0 Å². The highest BCUT2D eigenvalue weighted by molar-refractivity contribution is 5.67. The van der Waals surface area contributed by atoms with Crippen LogP contribution in [0.15, 0.2) is 0 Å². The molecule has 1 atom stereocenters. The third kappa shape index (κ3) is 5.02. The molecule has 0 aliphatic carbocycles. The Morgan fingerprint density at radius 1 is 1.53 bits per heavy atom. The molecule has 0 saturated carbocycles. The van der Waals surface area contributed by atoms with E-state index < -0.39 is 0 Å². The summed E-state index contributed by atoms with van der Waals surface area (Å²) in [5, 5.41) is 8.94. The lowest BCUT2D eigenvalue weighted by Crippen LogP contribution is -2.41. The molecule has 1 saturated heterocycles. The maximum Gasteiger partial charge on any atom is 0.409 e. The van der Waals surface area contributed by atoms with Crippen molar-refractivity contribution >= 4 is 6.09 Å². The fourth-order valence-electron chi connectivity index (χ4n) is 1.59. The molecule has 1 unspecified atom stereocenters. The lowest BCUT2D eigenvalue weighted by atomic mass is 10.00. The summed E-state index contributed by atoms with van der Waals surface area (Å²) in [6, 6.07) is 0. The quantitative estimate of drug-likeness (QED) is 0.768. The minimum Gasteiger partial charge on any atom is -0.450 e. The first-order valence-corrected chi connectivity index (χ1v) is 5.80. The predicted octanol–water partition coefficient (Wildman–Crippen LogP) is 1.87. The second-order valence-corrected chi connectivity index (χ2v) is 3.34. The van der Waals surface area contributed by atoms with Crippen molar-refractivity contribution in [2.24, 2.45) is 5.92 Å². The molecule has 1 aliphatic rings. The second-order valence-electron chi connectivity index (χ2n) is 3.34. The van der Waals surface area contributed by atoms with Crippen molar-refractivity contribution in [2.75, 3.05) is 26.3 Å². The number of aliphatic hydroxyl groups excluding tert-OH is 1. The zero-order valence-corrected chi connectivity index (χ0v) is 10.0. The molecule has 4 heteroatoms. The van der Waals surface area contributed by atoms with Gasteiger partial charge in [-0.1, -0.05) is 13.8 Å². The van der Waals surface area contributed by atoms with E-state index in [2.05, 4.69) is 0 Å². The van der Waals surface area contributed by atoms with Crippen molar-refractivity contribution in [2.45, 2.75) is 33.6 Å². The number of carbonyl (C=O) groups excluding carboxylic acids is 1. The fourth-order valence-corrected chi connectivity index (χ4v) is 1.59. The molecule has 1 heterocycles. The number of amides is 1. The topological polar surface area (TPSA) is 49.8 Å². The van der Waals surface area contributed by atoms with Gasteiger partial charge in [-0.15, -0.1) is 0 Å². The van der Waals surface area contributed by atoms with Crippen LogP contribution in [0.25, 0.3) is 0 Å². The van der Waals surface area contributed by atoms with Gasteiger partial charge in [-0.05, 0) is 25.7 Å². The third-order valence-corrected chi connectivity index (χ3v) is 2.30. The van der Waals surface area contributed by atoms with Crippen LogP contribution in [-0.4, -0.2) is 42.4 Å². The Labute approximate surface area is 92.2 Å². The van der Waals surface area contributed by atoms with Gasteiger partial charge in [-0.25, -0.2) is 4.79 Å². The van der Waals surface area contributed by atoms with Gasteiger partial charge in [0.25, 0.3) is 0 Å². The maximum absolute atomic E-state index is 11.3. The average molecular weight is 217 g/mol. The molecule has 4 nitrogen and oxygen atoms in total. The van der Waals surface area contributed by atoms with Gasteiger partial charge < -0.3 is 14.7 Å². The minimum absolute atomic E-state index is 0.163. The van der Waals surface area contributed by atoms with Crippen LogP contribution in [0.3, 0.4) is 0 Å². The number of aliphatic hydroxyl groups is 1. The predicted molar refractivity (Wildman–Crippen MR) is 59.8 cm³/mol. The van der Waals surface area contributed by atoms with E-state index >= 15 is 0 Å². The van der Waals surface area contributed by atoms with E-state index in [1.165, 1.54) is 0 Å². The lowest BCUT2D eigenvalue weighted by molar-refractivity contribution is 0.0762. The second kappa shape index (κ2) is 8.53. The summed E-state index contributed by atoms with van der Waals surface area (Å²) in [6.45, 7) is 7.77. The SMILES string of the molecule is CC.CCOC(=O)N1CCCC(CO)C1. The van der Waals surface area contributed by atoms with Gasteiger partial charge in [0, 0.05) is 19.7 Å². The highest BCUT2D eigenvalue weighted by Gasteiger charge is 2.23. The highest BCUT2D eigenvalue weighted by Crippen LogP contribution is 2.16. The molecule has 0 aromatic heterocycles. The monoisotopic (exact) mass is 217 g/mol. The molecule has 1 rings (SSSR count). The average Bonchev–Trinajstić information content (AvgIpc) is 2.32. The molecule has 1 amide bonds. The number of ether oxygens (including phenoxy) is 1. The molecule has 15 heavy (non-hydrogen) atoms. The van der Waals surface area contributed by atoms with Gasteiger partial charge in [0.05, 0.1) is 6.61 Å². The Kier molecular flexibility index (Phi) is 8.09. The molecule has 90 valence electrons. The molecule has 1 N–H and O–H groups in total. The van der Waals surface area contributed by atoms with E-state index in [1.54, 1.807) is 11.8 Å². The summed E-state index contributed by atoms with van der Waals surface area (Å²) < 4.78 is 4.88. The maximum atomic E-state index is 11.3. The normalized spacial score (nSPS) is 20.3. The van der Waals surface area contributed by atoms with Crippen LogP contribution in [-0.2, 0) is 4.74 Å². The standard InChI is InChI=1S/C9H17NO3.C2H6/c1-2-13-9(12)10-5-3-4-8(6-10)7-11;1-2/h8,11H,2-7H2,1H3;1-2H3. The molecular formula is C11H23NO3. The molecule has 0 bridgehead atoms. The van der Waals surface area contributed by atoms with Crippen molar-refractivity contribution in [3.63, 3.8) is 0 Å². The Bertz CT molecular complexity index is 173. The van der Waals surface area contributed by atoms with E-state index in [1.807, 2.05) is 13.8 Å². The van der Waals surface area contributed by atoms with Crippen molar-refractivity contribution in [1.82, 2.24) is 4.90 Å². The zero-order valence-electron chi connectivity index (χ0n) is 10.0. The number of nitrogens with zero attached hydrogens (tertiary/aromatic N) is 1. The number of hydrogen-bond acceptors (Lipinski definition) is 3. The van der Waals surface area contributed by atoms with Crippen molar-refractivity contribution < 1.29 is 14.6 Å². The Morgan fingerprint density at radius 2 is 2.20 bits per heavy atom. The lowest BCUT2D eigenvalue weighted by Gasteiger charge is -2.30. The first-order valence-electron chi connectivity index (χ1n) is 5.80. The summed E-state index contributed by atoms with van der Waals surface area (Å²) >= 11 is 0. The minimum atomic E-state index is -0.249. The van der Waals surface area contributed by atoms with E-state index in [0.717, 1.165) is 19.4 Å². The summed E-state index contributed by atoms with van der Waals surface area (Å²) in [5.41, 5.74) is 0. The molecule has 0 radical (unpaired) electrons. The van der Waals surface area contributed by atoms with Gasteiger partial charge in [0.2, 0.25) is 0 Å². The Morgan fingerprint density at radius 3 is 2.73 bits per heavy atom. The van der Waals surface area contributed by atoms with Crippen LogP contribution in [0.2, 0.25) is 0 Å². The molecule has 1 aliphatic heterocycles. The summed E-state index contributed by atoms with van der Waals surface area (Å²) in [7, 11) is 0. The summed E-state index contributed by atoms with van der Waals surface area (Å²) in [4.78, 5) is 13.0. The van der Waals surface area contributed by atoms with Gasteiger partial charge in [0.15, 0.2) is 0 Å². The van der Waals surface area contributed by atoms with E-state index in [9.17, 15) is 4.79 Å². The largest absolute Gasteiger partial charge is 0.450 e. The van der Waals surface area contributed by atoms with Crippen LogP contribution in [0.1, 0.15) is 33.6 Å². The smallest absolute Gasteiger partial charge is 0.409 e. The molecule has 1 fully saturated rings. The van der Waals surface area contributed by atoms with Crippen LogP contribution < -0.4 is 0 Å². The van der Waals surface area contributed by atoms with Gasteiger partial charge in [-0.2, -0.15) is 0 Å². The highest BCUT2D eigenvalue weighted by atomic mass is 16.6. The number of hydrogen-bond donors (Lipinski definition) is 1. The van der Waals surface area contributed by atoms with Crippen LogP contribution >= 0.6 is 0 Å². The van der Waals surface area contributed by atoms with Crippen molar-refractivity contribution in [3.05, 3.63) is 0 Å². The van der Waals surface area contributed by atoms with Gasteiger partial charge >= 0.3 is 6.09 Å². The number of likely N-dealkylation sites (tertiary alicyclic amines) is 1. The fraction of sp³-hybridized carbons (Fsp3) is 0.909. The summed E-state index contributed by atoms with van der Waals surface area (Å²) in [6.07, 6.45) is 1.72. The first-order chi connectivity index (χ1) is 7.27. The molecule has 0 aromatic rings. The molecule has 0 spiro atoms. The zero-order chi connectivity index (χ0) is 11.7. The van der Waals surface area contributed by atoms with Crippen LogP contribution in [0.5, 0.6) is 0 Å². The number of carbonyl (C=O) groups is 1. The van der Waals surface area contributed by atoms with E-state index in [-0.39, 0.29) is 18.6 Å². The van der Waals surface area contributed by atoms with Crippen LogP contribution in [0, 0.1) is 5.92 Å². The summed E-state index contributed by atoms with van der Waals surface area (Å²) in [5.74, 6) is 0.234. The van der Waals surface area contributed by atoms with Gasteiger partial charge in [0.1, 0.15) is 0 Å². The molecule has 0 aromatic carbocycles. The first kappa shape index (κ1) is 14.2. The van der Waals surface area contributed by atoms with Crippen LogP contribution in [0.4, 0.5) is 4.79 Å². The number of piperidine rings is 1. The van der Waals surface area contributed by atoms with Crippen molar-refractivity contribution in [1.29, 1.82) is 0 Å². The van der Waals surface area contributed by atoms with Gasteiger partial charge in [-0.3, -0.25) is 0 Å². The number of rotatable bonds is 2. The van der Waals surface area contributed by atoms with E-state index in [0.29, 0.717) is 13.2 Å². The third-order valence-electron chi connectivity index (χ3n) is 2.30. The molecular weight excluding hydrogens is 194 g/mol. The van der Waals surface area contributed by atoms with E-state index in [4.69, 9.17) is 9.84 Å². The Hall–Kier alpha value is -0.770. The Balaban J connectivity index is 0.000000921.